The molecule has 0 bridgehead atoms. The van der Waals surface area contributed by atoms with E-state index in [-0.39, 0.29) is 11.8 Å². The SMILES string of the molecule is CC(CCCNC(=O)c1cn(C)c2ccccc12)C(=O)O. The Labute approximate surface area is 123 Å². The van der Waals surface area contributed by atoms with Gasteiger partial charge >= 0.3 is 5.97 Å². The van der Waals surface area contributed by atoms with Gasteiger partial charge in [0.1, 0.15) is 0 Å². The maximum atomic E-state index is 12.2. The maximum Gasteiger partial charge on any atom is 0.306 e. The molecule has 5 heteroatoms. The van der Waals surface area contributed by atoms with E-state index in [0.29, 0.717) is 24.9 Å². The Morgan fingerprint density at radius 1 is 1.33 bits per heavy atom. The first-order valence-corrected chi connectivity index (χ1v) is 7.05. The molecule has 1 aromatic carbocycles. The lowest BCUT2D eigenvalue weighted by atomic mass is 10.1. The summed E-state index contributed by atoms with van der Waals surface area (Å²) in [5, 5.41) is 12.6. The number of carbonyl (C=O) groups is 2. The molecule has 112 valence electrons. The van der Waals surface area contributed by atoms with Crippen LogP contribution in [0.15, 0.2) is 30.5 Å². The van der Waals surface area contributed by atoms with Crippen molar-refractivity contribution in [1.82, 2.24) is 9.88 Å². The van der Waals surface area contributed by atoms with Gasteiger partial charge in [-0.05, 0) is 18.9 Å². The first-order chi connectivity index (χ1) is 10.0. The molecule has 21 heavy (non-hydrogen) atoms. The number of aromatic nitrogens is 1. The zero-order chi connectivity index (χ0) is 15.4. The van der Waals surface area contributed by atoms with Gasteiger partial charge in [-0.25, -0.2) is 0 Å². The lowest BCUT2D eigenvalue weighted by molar-refractivity contribution is -0.141. The average Bonchev–Trinajstić information content (AvgIpc) is 2.81. The van der Waals surface area contributed by atoms with Crippen molar-refractivity contribution in [3.8, 4) is 0 Å². The van der Waals surface area contributed by atoms with Gasteiger partial charge in [0.25, 0.3) is 5.91 Å². The minimum atomic E-state index is -0.796. The number of hydrogen-bond acceptors (Lipinski definition) is 2. The number of rotatable bonds is 6. The highest BCUT2D eigenvalue weighted by Gasteiger charge is 2.14. The first kappa shape index (κ1) is 15.1. The van der Waals surface area contributed by atoms with Gasteiger partial charge < -0.3 is 15.0 Å². The molecule has 0 saturated carbocycles. The first-order valence-electron chi connectivity index (χ1n) is 7.05. The van der Waals surface area contributed by atoms with Crippen LogP contribution in [0.2, 0.25) is 0 Å². The van der Waals surface area contributed by atoms with Crippen LogP contribution in [0.5, 0.6) is 0 Å². The van der Waals surface area contributed by atoms with Crippen LogP contribution in [-0.4, -0.2) is 28.1 Å². The molecule has 1 atom stereocenters. The third-order valence-electron chi connectivity index (χ3n) is 3.66. The van der Waals surface area contributed by atoms with E-state index in [1.807, 2.05) is 42.1 Å². The monoisotopic (exact) mass is 288 g/mol. The Morgan fingerprint density at radius 2 is 2.05 bits per heavy atom. The number of nitrogens with one attached hydrogen (secondary N) is 1. The summed E-state index contributed by atoms with van der Waals surface area (Å²) in [6.45, 7) is 2.16. The fraction of sp³-hybridized carbons (Fsp3) is 0.375. The Hall–Kier alpha value is -2.30. The summed E-state index contributed by atoms with van der Waals surface area (Å²) >= 11 is 0. The van der Waals surface area contributed by atoms with Crippen molar-refractivity contribution in [3.05, 3.63) is 36.0 Å². The topological polar surface area (TPSA) is 71.3 Å². The van der Waals surface area contributed by atoms with Crippen LogP contribution in [-0.2, 0) is 11.8 Å². The molecule has 1 unspecified atom stereocenters. The summed E-state index contributed by atoms with van der Waals surface area (Å²) in [6, 6.07) is 7.75. The number of hydrogen-bond donors (Lipinski definition) is 2. The molecule has 0 saturated heterocycles. The van der Waals surface area contributed by atoms with Crippen LogP contribution in [0.3, 0.4) is 0 Å². The van der Waals surface area contributed by atoms with Gasteiger partial charge in [0.05, 0.1) is 11.5 Å². The van der Waals surface area contributed by atoms with Crippen LogP contribution < -0.4 is 5.32 Å². The molecule has 2 rings (SSSR count). The molecule has 1 amide bonds. The summed E-state index contributed by atoms with van der Waals surface area (Å²) in [4.78, 5) is 22.9. The molecule has 2 aromatic rings. The fourth-order valence-corrected chi connectivity index (χ4v) is 2.35. The predicted molar refractivity (Wildman–Crippen MR) is 81.3 cm³/mol. The van der Waals surface area contributed by atoms with Gasteiger partial charge in [0.2, 0.25) is 0 Å². The van der Waals surface area contributed by atoms with Crippen molar-refractivity contribution in [2.24, 2.45) is 13.0 Å². The lowest BCUT2D eigenvalue weighted by Gasteiger charge is -2.07. The van der Waals surface area contributed by atoms with Gasteiger partial charge in [-0.15, -0.1) is 0 Å². The molecule has 0 aliphatic heterocycles. The largest absolute Gasteiger partial charge is 0.481 e. The highest BCUT2D eigenvalue weighted by molar-refractivity contribution is 6.06. The van der Waals surface area contributed by atoms with E-state index >= 15 is 0 Å². The zero-order valence-electron chi connectivity index (χ0n) is 12.3. The zero-order valence-corrected chi connectivity index (χ0v) is 12.3. The fourth-order valence-electron chi connectivity index (χ4n) is 2.35. The van der Waals surface area contributed by atoms with Crippen molar-refractivity contribution in [1.29, 1.82) is 0 Å². The summed E-state index contributed by atoms with van der Waals surface area (Å²) in [5.74, 6) is -1.29. The van der Waals surface area contributed by atoms with E-state index in [4.69, 9.17) is 5.11 Å². The highest BCUT2D eigenvalue weighted by atomic mass is 16.4. The second-order valence-corrected chi connectivity index (χ2v) is 5.31. The molecule has 1 aromatic heterocycles. The second-order valence-electron chi connectivity index (χ2n) is 5.31. The number of carbonyl (C=O) groups excluding carboxylic acids is 1. The second kappa shape index (κ2) is 6.43. The van der Waals surface area contributed by atoms with E-state index in [2.05, 4.69) is 5.32 Å². The maximum absolute atomic E-state index is 12.2. The van der Waals surface area contributed by atoms with Crippen LogP contribution >= 0.6 is 0 Å². The Morgan fingerprint density at radius 3 is 2.76 bits per heavy atom. The van der Waals surface area contributed by atoms with E-state index < -0.39 is 5.97 Å². The van der Waals surface area contributed by atoms with Gasteiger partial charge in [-0.2, -0.15) is 0 Å². The lowest BCUT2D eigenvalue weighted by Crippen LogP contribution is -2.25. The van der Waals surface area contributed by atoms with Gasteiger partial charge in [-0.1, -0.05) is 25.1 Å². The van der Waals surface area contributed by atoms with E-state index in [0.717, 1.165) is 10.9 Å². The Bertz CT molecular complexity index is 661. The molecule has 2 N–H and O–H groups in total. The number of benzene rings is 1. The number of nitrogens with zero attached hydrogens (tertiary/aromatic N) is 1. The number of carboxylic acids is 1. The Kier molecular flexibility index (Phi) is 4.62. The van der Waals surface area contributed by atoms with Crippen LogP contribution in [0.25, 0.3) is 10.9 Å². The van der Waals surface area contributed by atoms with E-state index in [9.17, 15) is 9.59 Å². The normalized spacial score (nSPS) is 12.3. The minimum Gasteiger partial charge on any atom is -0.481 e. The van der Waals surface area contributed by atoms with Crippen LogP contribution in [0, 0.1) is 5.92 Å². The number of aryl methyl sites for hydroxylation is 1. The van der Waals surface area contributed by atoms with Crippen molar-refractivity contribution >= 4 is 22.8 Å². The van der Waals surface area contributed by atoms with E-state index in [1.165, 1.54) is 0 Å². The standard InChI is InChI=1S/C16H20N2O3/c1-11(16(20)21)6-5-9-17-15(19)13-10-18(2)14-8-4-3-7-12(13)14/h3-4,7-8,10-11H,5-6,9H2,1-2H3,(H,17,19)(H,20,21). The minimum absolute atomic E-state index is 0.116. The molecule has 0 aliphatic carbocycles. The molecule has 0 radical (unpaired) electrons. The summed E-state index contributed by atoms with van der Waals surface area (Å²) < 4.78 is 1.93. The number of fused-ring (bicyclic) bond motifs is 1. The Balaban J connectivity index is 1.95. The third kappa shape index (κ3) is 3.42. The van der Waals surface area contributed by atoms with Gasteiger partial charge in [0.15, 0.2) is 0 Å². The van der Waals surface area contributed by atoms with Crippen LogP contribution in [0.1, 0.15) is 30.1 Å². The van der Waals surface area contributed by atoms with Crippen molar-refractivity contribution in [2.45, 2.75) is 19.8 Å². The summed E-state index contributed by atoms with van der Waals surface area (Å²) in [6.07, 6.45) is 3.04. The predicted octanol–water partition coefficient (Wildman–Crippen LogP) is 2.41. The van der Waals surface area contributed by atoms with Gasteiger partial charge in [0, 0.05) is 30.7 Å². The van der Waals surface area contributed by atoms with Crippen LogP contribution in [0.4, 0.5) is 0 Å². The quantitative estimate of drug-likeness (QED) is 0.802. The highest BCUT2D eigenvalue weighted by Crippen LogP contribution is 2.20. The molecule has 0 spiro atoms. The molecule has 5 nitrogen and oxygen atoms in total. The molecule has 0 aliphatic rings. The number of para-hydroxylation sites is 1. The number of carboxylic acid groups (broad SMARTS) is 1. The number of amides is 1. The van der Waals surface area contributed by atoms with Gasteiger partial charge in [-0.3, -0.25) is 9.59 Å². The van der Waals surface area contributed by atoms with E-state index in [1.54, 1.807) is 6.92 Å². The molecular weight excluding hydrogens is 268 g/mol. The summed E-state index contributed by atoms with van der Waals surface area (Å²) in [7, 11) is 1.91. The smallest absolute Gasteiger partial charge is 0.306 e. The van der Waals surface area contributed by atoms with Crippen molar-refractivity contribution in [2.75, 3.05) is 6.54 Å². The molecule has 0 fully saturated rings. The summed E-state index contributed by atoms with van der Waals surface area (Å²) in [5.41, 5.74) is 1.67. The van der Waals surface area contributed by atoms with Crippen molar-refractivity contribution < 1.29 is 14.7 Å². The number of aliphatic carboxylic acids is 1. The van der Waals surface area contributed by atoms with Crippen molar-refractivity contribution in [3.63, 3.8) is 0 Å². The molecular formula is C16H20N2O3. The average molecular weight is 288 g/mol. The molecule has 1 heterocycles. The third-order valence-corrected chi connectivity index (χ3v) is 3.66.